The highest BCUT2D eigenvalue weighted by Crippen LogP contribution is 2.30. The van der Waals surface area contributed by atoms with Gasteiger partial charge in [-0.15, -0.1) is 23.2 Å². The minimum Gasteiger partial charge on any atom is -0.100 e. The summed E-state index contributed by atoms with van der Waals surface area (Å²) in [7, 11) is 0. The third kappa shape index (κ3) is 2.51. The number of hydrogen-bond donors (Lipinski definition) is 0. The SMILES string of the molecule is Clc1cc(C(Cl)Cl)ccc1Br. The van der Waals surface area contributed by atoms with E-state index in [4.69, 9.17) is 34.8 Å². The van der Waals surface area contributed by atoms with Crippen LogP contribution >= 0.6 is 50.7 Å². The minimum atomic E-state index is -0.513. The Morgan fingerprint density at radius 1 is 1.27 bits per heavy atom. The van der Waals surface area contributed by atoms with Crippen LogP contribution in [-0.2, 0) is 0 Å². The Kier molecular flexibility index (Phi) is 3.51. The summed E-state index contributed by atoms with van der Waals surface area (Å²) in [5.41, 5.74) is 0.807. The number of alkyl halides is 2. The normalized spacial score (nSPS) is 10.6. The van der Waals surface area contributed by atoms with Crippen LogP contribution < -0.4 is 0 Å². The molecule has 0 saturated heterocycles. The molecule has 0 aromatic heterocycles. The van der Waals surface area contributed by atoms with Gasteiger partial charge in [0.05, 0.1) is 5.02 Å². The van der Waals surface area contributed by atoms with E-state index < -0.39 is 4.84 Å². The van der Waals surface area contributed by atoms with E-state index in [1.165, 1.54) is 0 Å². The van der Waals surface area contributed by atoms with Gasteiger partial charge in [0.15, 0.2) is 0 Å². The quantitative estimate of drug-likeness (QED) is 0.658. The van der Waals surface area contributed by atoms with Crippen LogP contribution in [0.1, 0.15) is 10.4 Å². The zero-order chi connectivity index (χ0) is 8.43. The Labute approximate surface area is 88.6 Å². The molecule has 1 aromatic carbocycles. The molecule has 0 aliphatic rings. The second-order valence-corrected chi connectivity index (χ2v) is 4.33. The summed E-state index contributed by atoms with van der Waals surface area (Å²) in [6.07, 6.45) is 0. The molecule has 60 valence electrons. The maximum absolute atomic E-state index is 5.79. The third-order valence-electron chi connectivity index (χ3n) is 1.20. The van der Waals surface area contributed by atoms with Gasteiger partial charge < -0.3 is 0 Å². The molecule has 0 radical (unpaired) electrons. The summed E-state index contributed by atoms with van der Waals surface area (Å²) in [5.74, 6) is 0. The van der Waals surface area contributed by atoms with Crippen molar-refractivity contribution in [1.82, 2.24) is 0 Å². The van der Waals surface area contributed by atoms with Crippen LogP contribution in [-0.4, -0.2) is 0 Å². The molecule has 0 saturated carbocycles. The maximum Gasteiger partial charge on any atom is 0.132 e. The first-order chi connectivity index (χ1) is 5.11. The van der Waals surface area contributed by atoms with Crippen LogP contribution in [0.4, 0.5) is 0 Å². The van der Waals surface area contributed by atoms with Gasteiger partial charge in [0.1, 0.15) is 4.84 Å². The molecule has 0 fully saturated rings. The van der Waals surface area contributed by atoms with E-state index in [2.05, 4.69) is 15.9 Å². The Bertz CT molecular complexity index is 260. The molecule has 0 heterocycles. The molecule has 0 aliphatic carbocycles. The third-order valence-corrected chi connectivity index (χ3v) is 2.93. The Morgan fingerprint density at radius 2 is 1.91 bits per heavy atom. The molecule has 0 bridgehead atoms. The first kappa shape index (κ1) is 9.66. The van der Waals surface area contributed by atoms with Crippen LogP contribution in [0.15, 0.2) is 22.7 Å². The second-order valence-electron chi connectivity index (χ2n) is 1.97. The topological polar surface area (TPSA) is 0 Å². The smallest absolute Gasteiger partial charge is 0.100 e. The second kappa shape index (κ2) is 3.99. The highest BCUT2D eigenvalue weighted by molar-refractivity contribution is 9.10. The van der Waals surface area contributed by atoms with Gasteiger partial charge in [-0.3, -0.25) is 0 Å². The fourth-order valence-electron chi connectivity index (χ4n) is 0.648. The Morgan fingerprint density at radius 3 is 2.36 bits per heavy atom. The zero-order valence-electron chi connectivity index (χ0n) is 5.32. The van der Waals surface area contributed by atoms with Gasteiger partial charge in [-0.2, -0.15) is 0 Å². The predicted molar refractivity (Wildman–Crippen MR) is 53.6 cm³/mol. The van der Waals surface area contributed by atoms with Crippen LogP contribution in [0, 0.1) is 0 Å². The molecule has 4 heteroatoms. The lowest BCUT2D eigenvalue weighted by Crippen LogP contribution is -1.80. The highest BCUT2D eigenvalue weighted by atomic mass is 79.9. The van der Waals surface area contributed by atoms with Gasteiger partial charge in [-0.25, -0.2) is 0 Å². The van der Waals surface area contributed by atoms with Crippen LogP contribution in [0.2, 0.25) is 5.02 Å². The average molecular weight is 274 g/mol. The molecule has 0 atom stereocenters. The largest absolute Gasteiger partial charge is 0.132 e. The van der Waals surface area contributed by atoms with E-state index in [9.17, 15) is 0 Å². The molecular weight excluding hydrogens is 270 g/mol. The van der Waals surface area contributed by atoms with Crippen LogP contribution in [0.25, 0.3) is 0 Å². The Hall–Kier alpha value is 0.570. The summed E-state index contributed by atoms with van der Waals surface area (Å²) < 4.78 is 0.844. The molecule has 11 heavy (non-hydrogen) atoms. The maximum atomic E-state index is 5.79. The van der Waals surface area contributed by atoms with Crippen molar-refractivity contribution in [3.05, 3.63) is 33.3 Å². The van der Waals surface area contributed by atoms with Gasteiger partial charge in [-0.05, 0) is 33.6 Å². The van der Waals surface area contributed by atoms with E-state index in [0.717, 1.165) is 10.0 Å². The Balaban J connectivity index is 3.05. The van der Waals surface area contributed by atoms with Crippen molar-refractivity contribution in [2.75, 3.05) is 0 Å². The van der Waals surface area contributed by atoms with E-state index in [-0.39, 0.29) is 0 Å². The predicted octanol–water partition coefficient (Wildman–Crippen LogP) is 4.58. The standard InChI is InChI=1S/C7H4BrCl3/c8-5-2-1-4(7(10)11)3-6(5)9/h1-3,7H. The monoisotopic (exact) mass is 272 g/mol. The van der Waals surface area contributed by atoms with Gasteiger partial charge in [0, 0.05) is 4.47 Å². The summed E-state index contributed by atoms with van der Waals surface area (Å²) in [6.45, 7) is 0. The molecule has 0 N–H and O–H groups in total. The average Bonchev–Trinajstić information content (AvgIpc) is 1.94. The van der Waals surface area contributed by atoms with Crippen LogP contribution in [0.5, 0.6) is 0 Å². The van der Waals surface area contributed by atoms with Crippen molar-refractivity contribution < 1.29 is 0 Å². The van der Waals surface area contributed by atoms with Crippen molar-refractivity contribution in [3.63, 3.8) is 0 Å². The van der Waals surface area contributed by atoms with Crippen molar-refractivity contribution >= 4 is 50.7 Å². The summed E-state index contributed by atoms with van der Waals surface area (Å²) in [5, 5.41) is 0.619. The number of benzene rings is 1. The lowest BCUT2D eigenvalue weighted by Gasteiger charge is -2.02. The van der Waals surface area contributed by atoms with E-state index in [0.29, 0.717) is 5.02 Å². The molecule has 0 amide bonds. The molecule has 0 aliphatic heterocycles. The lowest BCUT2D eigenvalue weighted by molar-refractivity contribution is 1.34. The van der Waals surface area contributed by atoms with Crippen molar-refractivity contribution in [2.45, 2.75) is 4.84 Å². The van der Waals surface area contributed by atoms with E-state index >= 15 is 0 Å². The zero-order valence-corrected chi connectivity index (χ0v) is 9.18. The number of hydrogen-bond acceptors (Lipinski definition) is 0. The fourth-order valence-corrected chi connectivity index (χ4v) is 1.36. The fraction of sp³-hybridized carbons (Fsp3) is 0.143. The van der Waals surface area contributed by atoms with E-state index in [1.807, 2.05) is 12.1 Å². The number of halogens is 4. The van der Waals surface area contributed by atoms with Crippen molar-refractivity contribution in [3.8, 4) is 0 Å². The van der Waals surface area contributed by atoms with Gasteiger partial charge in [0.2, 0.25) is 0 Å². The molecule has 0 nitrogen and oxygen atoms in total. The van der Waals surface area contributed by atoms with Crippen LogP contribution in [0.3, 0.4) is 0 Å². The van der Waals surface area contributed by atoms with E-state index in [1.54, 1.807) is 6.07 Å². The van der Waals surface area contributed by atoms with Gasteiger partial charge in [0.25, 0.3) is 0 Å². The molecule has 0 spiro atoms. The first-order valence-electron chi connectivity index (χ1n) is 2.84. The molecule has 1 aromatic rings. The highest BCUT2D eigenvalue weighted by Gasteiger charge is 2.04. The van der Waals surface area contributed by atoms with Crippen molar-refractivity contribution in [1.29, 1.82) is 0 Å². The first-order valence-corrected chi connectivity index (χ1v) is 4.88. The van der Waals surface area contributed by atoms with Gasteiger partial charge >= 0.3 is 0 Å². The van der Waals surface area contributed by atoms with Gasteiger partial charge in [-0.1, -0.05) is 17.7 Å². The lowest BCUT2D eigenvalue weighted by atomic mass is 10.2. The minimum absolute atomic E-state index is 0.513. The number of rotatable bonds is 1. The van der Waals surface area contributed by atoms with Crippen molar-refractivity contribution in [2.24, 2.45) is 0 Å². The summed E-state index contributed by atoms with van der Waals surface area (Å²) >= 11 is 20.3. The molecule has 0 unspecified atom stereocenters. The summed E-state index contributed by atoms with van der Waals surface area (Å²) in [4.78, 5) is -0.513. The molecular formula is C7H4BrCl3. The summed E-state index contributed by atoms with van der Waals surface area (Å²) in [6, 6.07) is 5.37. The molecule has 1 rings (SSSR count).